The summed E-state index contributed by atoms with van der Waals surface area (Å²) in [5.74, 6) is 0.00795. The number of amides is 1. The zero-order valence-corrected chi connectivity index (χ0v) is 14.3. The van der Waals surface area contributed by atoms with Crippen LogP contribution >= 0.6 is 0 Å². The van der Waals surface area contributed by atoms with Gasteiger partial charge in [-0.2, -0.15) is 4.68 Å². The van der Waals surface area contributed by atoms with Gasteiger partial charge >= 0.3 is 0 Å². The Hall–Kier alpha value is -3.13. The van der Waals surface area contributed by atoms with Crippen LogP contribution in [0.25, 0.3) is 5.69 Å². The molecule has 2 aromatic heterocycles. The van der Waals surface area contributed by atoms with Crippen LogP contribution in [0.15, 0.2) is 55.0 Å². The van der Waals surface area contributed by atoms with Gasteiger partial charge in [0.25, 0.3) is 5.91 Å². The molecule has 0 unspecified atom stereocenters. The number of pyridine rings is 1. The van der Waals surface area contributed by atoms with Crippen molar-refractivity contribution < 1.29 is 4.79 Å². The number of hydrogen-bond acceptors (Lipinski definition) is 6. The van der Waals surface area contributed by atoms with Crippen LogP contribution in [-0.2, 0) is 6.54 Å². The van der Waals surface area contributed by atoms with E-state index in [1.807, 2.05) is 53.6 Å². The Morgan fingerprint density at radius 2 is 1.81 bits per heavy atom. The average molecular weight is 349 g/mol. The summed E-state index contributed by atoms with van der Waals surface area (Å²) in [5, 5.41) is 11.2. The molecule has 132 valence electrons. The number of benzene rings is 1. The first kappa shape index (κ1) is 16.3. The molecule has 4 rings (SSSR count). The molecule has 3 aromatic rings. The van der Waals surface area contributed by atoms with Gasteiger partial charge in [-0.05, 0) is 34.7 Å². The fourth-order valence-corrected chi connectivity index (χ4v) is 3.13. The highest BCUT2D eigenvalue weighted by atomic mass is 16.2. The van der Waals surface area contributed by atoms with E-state index in [1.54, 1.807) is 0 Å². The van der Waals surface area contributed by atoms with E-state index in [4.69, 9.17) is 0 Å². The van der Waals surface area contributed by atoms with Crippen LogP contribution in [-0.4, -0.2) is 67.1 Å². The number of piperazine rings is 1. The lowest BCUT2D eigenvalue weighted by Crippen LogP contribution is -2.48. The smallest absolute Gasteiger partial charge is 0.256 e. The lowest BCUT2D eigenvalue weighted by atomic mass is 10.1. The maximum atomic E-state index is 13.0. The Kier molecular flexibility index (Phi) is 4.65. The number of tetrazole rings is 1. The highest BCUT2D eigenvalue weighted by molar-refractivity contribution is 5.97. The fourth-order valence-electron chi connectivity index (χ4n) is 3.13. The molecule has 0 spiro atoms. The summed E-state index contributed by atoms with van der Waals surface area (Å²) < 4.78 is 1.52. The normalized spacial score (nSPS) is 15.2. The molecule has 0 N–H and O–H groups in total. The number of aromatic nitrogens is 5. The lowest BCUT2D eigenvalue weighted by molar-refractivity contribution is 0.0627. The summed E-state index contributed by atoms with van der Waals surface area (Å²) in [6.07, 6.45) is 3.31. The molecule has 1 fully saturated rings. The number of nitrogens with zero attached hydrogens (tertiary/aromatic N) is 7. The van der Waals surface area contributed by atoms with Gasteiger partial charge in [-0.15, -0.1) is 5.10 Å². The molecule has 0 atom stereocenters. The summed E-state index contributed by atoms with van der Waals surface area (Å²) in [5.41, 5.74) is 2.35. The van der Waals surface area contributed by atoms with Crippen molar-refractivity contribution in [1.29, 1.82) is 0 Å². The van der Waals surface area contributed by atoms with Crippen LogP contribution < -0.4 is 0 Å². The third-order valence-electron chi connectivity index (χ3n) is 4.50. The number of para-hydroxylation sites is 1. The standard InChI is InChI=1S/C18H19N7O/c26-18(16-6-1-2-7-17(16)25-14-20-21-22-25)24-11-9-23(10-12-24)13-15-5-3-4-8-19-15/h1-8,14H,9-13H2. The summed E-state index contributed by atoms with van der Waals surface area (Å²) >= 11 is 0. The molecule has 8 heteroatoms. The van der Waals surface area contributed by atoms with Gasteiger partial charge in [-0.25, -0.2) is 0 Å². The molecule has 0 aliphatic carbocycles. The van der Waals surface area contributed by atoms with Crippen LogP contribution in [0.5, 0.6) is 0 Å². The molecule has 26 heavy (non-hydrogen) atoms. The van der Waals surface area contributed by atoms with Crippen LogP contribution in [0, 0.1) is 0 Å². The van der Waals surface area contributed by atoms with Crippen LogP contribution in [0.3, 0.4) is 0 Å². The maximum Gasteiger partial charge on any atom is 0.256 e. The Bertz CT molecular complexity index is 858. The molecular weight excluding hydrogens is 330 g/mol. The number of hydrogen-bond donors (Lipinski definition) is 0. The van der Waals surface area contributed by atoms with Gasteiger partial charge in [0.15, 0.2) is 0 Å². The number of carbonyl (C=O) groups excluding carboxylic acids is 1. The second kappa shape index (κ2) is 7.40. The fraction of sp³-hybridized carbons (Fsp3) is 0.278. The van der Waals surface area contributed by atoms with E-state index in [-0.39, 0.29) is 5.91 Å². The lowest BCUT2D eigenvalue weighted by Gasteiger charge is -2.34. The summed E-state index contributed by atoms with van der Waals surface area (Å²) in [6, 6.07) is 13.3. The monoisotopic (exact) mass is 349 g/mol. The van der Waals surface area contributed by atoms with Gasteiger partial charge < -0.3 is 4.90 Å². The summed E-state index contributed by atoms with van der Waals surface area (Å²) in [6.45, 7) is 3.85. The second-order valence-corrected chi connectivity index (χ2v) is 6.16. The van der Waals surface area contributed by atoms with Crippen molar-refractivity contribution >= 4 is 5.91 Å². The zero-order valence-electron chi connectivity index (χ0n) is 14.3. The first-order valence-electron chi connectivity index (χ1n) is 8.55. The third kappa shape index (κ3) is 3.45. The van der Waals surface area contributed by atoms with E-state index in [2.05, 4.69) is 25.4 Å². The maximum absolute atomic E-state index is 13.0. The Balaban J connectivity index is 1.43. The van der Waals surface area contributed by atoms with Gasteiger partial charge in [0.05, 0.1) is 16.9 Å². The Morgan fingerprint density at radius 3 is 2.54 bits per heavy atom. The average Bonchev–Trinajstić information content (AvgIpc) is 3.24. The minimum Gasteiger partial charge on any atom is -0.336 e. The van der Waals surface area contributed by atoms with Crippen molar-refractivity contribution in [3.05, 3.63) is 66.2 Å². The molecule has 1 aliphatic heterocycles. The first-order chi connectivity index (χ1) is 12.8. The SMILES string of the molecule is O=C(c1ccccc1-n1cnnn1)N1CCN(Cc2ccccn2)CC1. The largest absolute Gasteiger partial charge is 0.336 e. The van der Waals surface area contributed by atoms with E-state index in [0.717, 1.165) is 25.3 Å². The first-order valence-corrected chi connectivity index (χ1v) is 8.55. The molecule has 0 saturated carbocycles. The van der Waals surface area contributed by atoms with Gasteiger partial charge in [-0.1, -0.05) is 18.2 Å². The van der Waals surface area contributed by atoms with E-state index in [9.17, 15) is 4.79 Å². The third-order valence-corrected chi connectivity index (χ3v) is 4.50. The molecule has 3 heterocycles. The second-order valence-electron chi connectivity index (χ2n) is 6.16. The van der Waals surface area contributed by atoms with Crippen LogP contribution in [0.1, 0.15) is 16.1 Å². The van der Waals surface area contributed by atoms with Crippen molar-refractivity contribution in [2.45, 2.75) is 6.54 Å². The summed E-state index contributed by atoms with van der Waals surface area (Å²) in [4.78, 5) is 21.6. The zero-order chi connectivity index (χ0) is 17.8. The molecule has 0 radical (unpaired) electrons. The number of rotatable bonds is 4. The van der Waals surface area contributed by atoms with Crippen molar-refractivity contribution in [1.82, 2.24) is 35.0 Å². The van der Waals surface area contributed by atoms with E-state index in [1.165, 1.54) is 11.0 Å². The van der Waals surface area contributed by atoms with Crippen LogP contribution in [0.4, 0.5) is 0 Å². The van der Waals surface area contributed by atoms with Gasteiger partial charge in [0, 0.05) is 38.9 Å². The summed E-state index contributed by atoms with van der Waals surface area (Å²) in [7, 11) is 0. The molecule has 1 aromatic carbocycles. The van der Waals surface area contributed by atoms with Crippen molar-refractivity contribution in [3.8, 4) is 5.69 Å². The molecule has 1 saturated heterocycles. The Morgan fingerprint density at radius 1 is 1.00 bits per heavy atom. The highest BCUT2D eigenvalue weighted by Crippen LogP contribution is 2.17. The number of carbonyl (C=O) groups is 1. The molecule has 1 amide bonds. The molecular formula is C18H19N7O. The van der Waals surface area contributed by atoms with E-state index < -0.39 is 0 Å². The van der Waals surface area contributed by atoms with Crippen molar-refractivity contribution in [2.24, 2.45) is 0 Å². The van der Waals surface area contributed by atoms with E-state index in [0.29, 0.717) is 24.3 Å². The van der Waals surface area contributed by atoms with E-state index >= 15 is 0 Å². The predicted octanol–water partition coefficient (Wildman–Crippen LogP) is 1.02. The van der Waals surface area contributed by atoms with Crippen molar-refractivity contribution in [3.63, 3.8) is 0 Å². The van der Waals surface area contributed by atoms with Gasteiger partial charge in [0.2, 0.25) is 0 Å². The minimum absolute atomic E-state index is 0.00795. The van der Waals surface area contributed by atoms with Gasteiger partial charge in [0.1, 0.15) is 6.33 Å². The van der Waals surface area contributed by atoms with Crippen LogP contribution in [0.2, 0.25) is 0 Å². The predicted molar refractivity (Wildman–Crippen MR) is 94.6 cm³/mol. The van der Waals surface area contributed by atoms with Gasteiger partial charge in [-0.3, -0.25) is 14.7 Å². The minimum atomic E-state index is 0.00795. The molecule has 8 nitrogen and oxygen atoms in total. The van der Waals surface area contributed by atoms with Crippen molar-refractivity contribution in [2.75, 3.05) is 26.2 Å². The quantitative estimate of drug-likeness (QED) is 0.699. The topological polar surface area (TPSA) is 80.0 Å². The Labute approximate surface area is 151 Å². The molecule has 0 bridgehead atoms. The molecule has 1 aliphatic rings. The highest BCUT2D eigenvalue weighted by Gasteiger charge is 2.24.